The molecule has 0 saturated carbocycles. The second kappa shape index (κ2) is 8.18. The van der Waals surface area contributed by atoms with Crippen molar-refractivity contribution in [2.24, 2.45) is 0 Å². The molecule has 4 N–H and O–H groups in total. The highest BCUT2D eigenvalue weighted by atomic mass is 16.5. The minimum absolute atomic E-state index is 0.00600. The lowest BCUT2D eigenvalue weighted by atomic mass is 10.1. The molecule has 0 aliphatic rings. The molecule has 3 rings (SSSR count). The summed E-state index contributed by atoms with van der Waals surface area (Å²) in [6.07, 6.45) is 0. The van der Waals surface area contributed by atoms with Crippen LogP contribution in [0.25, 0.3) is 11.3 Å². The highest BCUT2D eigenvalue weighted by Gasteiger charge is 2.16. The Balaban J connectivity index is 1.86. The van der Waals surface area contributed by atoms with E-state index in [9.17, 15) is 10.1 Å². The van der Waals surface area contributed by atoms with Crippen LogP contribution in [0, 0.1) is 11.3 Å². The molecular formula is C19H17N5O5. The van der Waals surface area contributed by atoms with Crippen molar-refractivity contribution in [3.8, 4) is 28.8 Å². The molecule has 2 heterocycles. The Hall–Kier alpha value is -4.26. The number of nitrogen functional groups attached to an aromatic ring is 2. The molecule has 2 aromatic heterocycles. The third-order valence-corrected chi connectivity index (χ3v) is 3.92. The van der Waals surface area contributed by atoms with E-state index in [1.165, 1.54) is 20.3 Å². The van der Waals surface area contributed by atoms with Crippen LogP contribution in [0.4, 0.5) is 11.8 Å². The third-order valence-electron chi connectivity index (χ3n) is 3.92. The van der Waals surface area contributed by atoms with Crippen molar-refractivity contribution in [3.05, 3.63) is 47.4 Å². The molecule has 29 heavy (non-hydrogen) atoms. The molecule has 0 radical (unpaired) electrons. The van der Waals surface area contributed by atoms with Gasteiger partial charge < -0.3 is 30.1 Å². The van der Waals surface area contributed by atoms with Gasteiger partial charge in [-0.15, -0.1) is 0 Å². The van der Waals surface area contributed by atoms with Crippen LogP contribution in [0.15, 0.2) is 34.7 Å². The van der Waals surface area contributed by atoms with Gasteiger partial charge in [0.15, 0.2) is 11.5 Å². The Morgan fingerprint density at radius 3 is 2.66 bits per heavy atom. The van der Waals surface area contributed by atoms with Gasteiger partial charge in [-0.1, -0.05) is 0 Å². The van der Waals surface area contributed by atoms with Crippen LogP contribution in [0.1, 0.15) is 21.9 Å². The van der Waals surface area contributed by atoms with Crippen LogP contribution >= 0.6 is 0 Å². The second-order valence-corrected chi connectivity index (χ2v) is 5.71. The van der Waals surface area contributed by atoms with Gasteiger partial charge in [-0.25, -0.2) is 9.78 Å². The van der Waals surface area contributed by atoms with E-state index in [2.05, 4.69) is 14.7 Å². The van der Waals surface area contributed by atoms with Gasteiger partial charge in [0.05, 0.1) is 19.9 Å². The topological polar surface area (TPSA) is 160 Å². The van der Waals surface area contributed by atoms with Crippen molar-refractivity contribution < 1.29 is 23.4 Å². The molecule has 3 aromatic rings. The lowest BCUT2D eigenvalue weighted by Gasteiger charge is -2.12. The van der Waals surface area contributed by atoms with E-state index >= 15 is 0 Å². The molecule has 0 fully saturated rings. The summed E-state index contributed by atoms with van der Waals surface area (Å²) < 4.78 is 21.0. The summed E-state index contributed by atoms with van der Waals surface area (Å²) in [6.45, 7) is 0.0591. The number of anilines is 2. The number of aromatic nitrogens is 2. The minimum atomic E-state index is -0.574. The van der Waals surface area contributed by atoms with Gasteiger partial charge in [-0.05, 0) is 30.3 Å². The van der Waals surface area contributed by atoms with E-state index in [0.717, 1.165) is 0 Å². The largest absolute Gasteiger partial charge is 0.493 e. The number of hydrogen-bond donors (Lipinski definition) is 2. The standard InChI is InChI=1S/C19H17N5O5/c1-26-15-7-10(16-12(8-20)17(21)24-19(22)23-16)3-5-13(15)28-9-11-4-6-14(29-11)18(25)27-2/h3-7H,9H2,1-2H3,(H4,21,22,23,24). The Morgan fingerprint density at radius 2 is 1.97 bits per heavy atom. The summed E-state index contributed by atoms with van der Waals surface area (Å²) in [4.78, 5) is 19.4. The Labute approximate surface area is 165 Å². The third kappa shape index (κ3) is 4.03. The van der Waals surface area contributed by atoms with Gasteiger partial charge in [-0.3, -0.25) is 0 Å². The first-order valence-corrected chi connectivity index (χ1v) is 8.28. The Morgan fingerprint density at radius 1 is 1.17 bits per heavy atom. The van der Waals surface area contributed by atoms with Crippen LogP contribution in [0.3, 0.4) is 0 Å². The maximum absolute atomic E-state index is 11.4. The van der Waals surface area contributed by atoms with Gasteiger partial charge in [0.2, 0.25) is 11.7 Å². The second-order valence-electron chi connectivity index (χ2n) is 5.71. The zero-order valence-electron chi connectivity index (χ0n) is 15.6. The highest BCUT2D eigenvalue weighted by molar-refractivity contribution is 5.86. The number of esters is 1. The number of furan rings is 1. The molecule has 1 aromatic carbocycles. The lowest BCUT2D eigenvalue weighted by molar-refractivity contribution is 0.0561. The predicted octanol–water partition coefficient (Wildman–Crippen LogP) is 2.15. The number of nitrogens with two attached hydrogens (primary N) is 2. The molecule has 10 heteroatoms. The monoisotopic (exact) mass is 395 g/mol. The zero-order chi connectivity index (χ0) is 21.0. The van der Waals surface area contributed by atoms with E-state index in [1.54, 1.807) is 24.3 Å². The zero-order valence-corrected chi connectivity index (χ0v) is 15.6. The number of rotatable bonds is 6. The van der Waals surface area contributed by atoms with E-state index in [-0.39, 0.29) is 35.4 Å². The summed E-state index contributed by atoms with van der Waals surface area (Å²) in [5.74, 6) is 0.692. The molecule has 0 unspecified atom stereocenters. The summed E-state index contributed by atoms with van der Waals surface area (Å²) in [6, 6.07) is 10.1. The Bertz CT molecular complexity index is 1100. The number of hydrogen-bond acceptors (Lipinski definition) is 10. The summed E-state index contributed by atoms with van der Waals surface area (Å²) in [7, 11) is 2.74. The summed E-state index contributed by atoms with van der Waals surface area (Å²) in [5, 5.41) is 9.35. The van der Waals surface area contributed by atoms with Crippen molar-refractivity contribution in [1.29, 1.82) is 5.26 Å². The van der Waals surface area contributed by atoms with E-state index < -0.39 is 5.97 Å². The lowest BCUT2D eigenvalue weighted by Crippen LogP contribution is -2.05. The van der Waals surface area contributed by atoms with Gasteiger partial charge in [0.1, 0.15) is 29.8 Å². The van der Waals surface area contributed by atoms with Crippen molar-refractivity contribution in [1.82, 2.24) is 9.97 Å². The predicted molar refractivity (Wildman–Crippen MR) is 102 cm³/mol. The fraction of sp³-hybridized carbons (Fsp3) is 0.158. The van der Waals surface area contributed by atoms with Crippen molar-refractivity contribution in [3.63, 3.8) is 0 Å². The van der Waals surface area contributed by atoms with Crippen molar-refractivity contribution in [2.45, 2.75) is 6.61 Å². The van der Waals surface area contributed by atoms with Crippen LogP contribution < -0.4 is 20.9 Å². The van der Waals surface area contributed by atoms with Crippen LogP contribution in [-0.4, -0.2) is 30.2 Å². The number of methoxy groups -OCH3 is 2. The van der Waals surface area contributed by atoms with E-state index in [0.29, 0.717) is 22.8 Å². The molecule has 0 aliphatic heterocycles. The average molecular weight is 395 g/mol. The maximum Gasteiger partial charge on any atom is 0.373 e. The number of benzene rings is 1. The van der Waals surface area contributed by atoms with E-state index in [4.69, 9.17) is 25.4 Å². The highest BCUT2D eigenvalue weighted by Crippen LogP contribution is 2.34. The average Bonchev–Trinajstić information content (AvgIpc) is 3.20. The summed E-state index contributed by atoms with van der Waals surface area (Å²) in [5.41, 5.74) is 12.4. The number of nitriles is 1. The number of nitrogens with zero attached hydrogens (tertiary/aromatic N) is 3. The molecule has 0 atom stereocenters. The molecule has 148 valence electrons. The van der Waals surface area contributed by atoms with Gasteiger partial charge in [-0.2, -0.15) is 10.2 Å². The number of carbonyl (C=O) groups excluding carboxylic acids is 1. The first kappa shape index (κ1) is 19.5. The fourth-order valence-corrected chi connectivity index (χ4v) is 2.56. The van der Waals surface area contributed by atoms with E-state index in [1.807, 2.05) is 6.07 Å². The molecule has 0 amide bonds. The van der Waals surface area contributed by atoms with Crippen LogP contribution in [-0.2, 0) is 11.3 Å². The summed E-state index contributed by atoms with van der Waals surface area (Å²) >= 11 is 0. The SMILES string of the molecule is COC(=O)c1ccc(COc2ccc(-c3nc(N)nc(N)c3C#N)cc2OC)o1. The molecule has 0 bridgehead atoms. The van der Waals surface area contributed by atoms with Crippen molar-refractivity contribution >= 4 is 17.7 Å². The molecule has 10 nitrogen and oxygen atoms in total. The van der Waals surface area contributed by atoms with Crippen molar-refractivity contribution in [2.75, 3.05) is 25.7 Å². The number of ether oxygens (including phenoxy) is 3. The smallest absolute Gasteiger partial charge is 0.373 e. The minimum Gasteiger partial charge on any atom is -0.493 e. The first-order chi connectivity index (χ1) is 14.0. The molecular weight excluding hydrogens is 378 g/mol. The quantitative estimate of drug-likeness (QED) is 0.592. The normalized spacial score (nSPS) is 10.2. The Kier molecular flexibility index (Phi) is 5.50. The molecule has 0 spiro atoms. The van der Waals surface area contributed by atoms with Crippen LogP contribution in [0.2, 0.25) is 0 Å². The van der Waals surface area contributed by atoms with Gasteiger partial charge in [0.25, 0.3) is 0 Å². The molecule has 0 aliphatic carbocycles. The first-order valence-electron chi connectivity index (χ1n) is 8.28. The maximum atomic E-state index is 11.4. The van der Waals surface area contributed by atoms with Gasteiger partial charge >= 0.3 is 5.97 Å². The van der Waals surface area contributed by atoms with Gasteiger partial charge in [0, 0.05) is 5.56 Å². The molecule has 0 saturated heterocycles. The fourth-order valence-electron chi connectivity index (χ4n) is 2.56. The number of carbonyl (C=O) groups is 1. The van der Waals surface area contributed by atoms with Crippen LogP contribution in [0.5, 0.6) is 11.5 Å².